The van der Waals surface area contributed by atoms with E-state index in [0.29, 0.717) is 28.7 Å². The van der Waals surface area contributed by atoms with Crippen LogP contribution in [-0.2, 0) is 29.8 Å². The molecule has 0 aliphatic heterocycles. The predicted molar refractivity (Wildman–Crippen MR) is 242 cm³/mol. The predicted octanol–water partition coefficient (Wildman–Crippen LogP) is 11.6. The van der Waals surface area contributed by atoms with Crippen LogP contribution in [0.2, 0.25) is 0 Å². The molecule has 0 saturated heterocycles. The first-order chi connectivity index (χ1) is 30.6. The number of sulfone groups is 2. The fourth-order valence-electron chi connectivity index (χ4n) is 6.63. The molecule has 8 aromatic carbocycles. The maximum absolute atomic E-state index is 13.7. The molecule has 0 bridgehead atoms. The molecule has 8 aromatic rings. The Morgan fingerprint density at radius 3 is 1.02 bits per heavy atom. The number of hydrogen-bond acceptors (Lipinski definition) is 10. The standard InChI is InChI=1S/C50H38O11S3/c1-34-3-25-45(26-4-34)62(51,52)46-27-21-42(22-28-46)59-40-15-7-36(8-16-40)37-9-17-41(18-10-37)60-43-23-29-47(30-24-43)63(53,54)48-31-32-49(50(33-48)64(55,56)57)61-44-19-11-38(12-20-44)35-5-13-39(58-2)14-6-35/h3-33H,1-2H3,(H,55,56,57). The van der Waals surface area contributed by atoms with E-state index in [-0.39, 0.29) is 31.1 Å². The molecule has 8 rings (SSSR count). The molecule has 0 atom stereocenters. The highest BCUT2D eigenvalue weighted by Crippen LogP contribution is 2.36. The van der Waals surface area contributed by atoms with Crippen LogP contribution in [0.25, 0.3) is 22.3 Å². The Bertz CT molecular complexity index is 3260. The molecule has 0 unspecified atom stereocenters. The molecule has 0 aliphatic carbocycles. The van der Waals surface area contributed by atoms with Crippen LogP contribution in [0.15, 0.2) is 213 Å². The minimum Gasteiger partial charge on any atom is -0.497 e. The van der Waals surface area contributed by atoms with Gasteiger partial charge in [0, 0.05) is 0 Å². The third kappa shape index (κ3) is 9.70. The smallest absolute Gasteiger partial charge is 0.298 e. The number of rotatable bonds is 14. The lowest BCUT2D eigenvalue weighted by Gasteiger charge is -2.13. The Morgan fingerprint density at radius 2 is 0.656 bits per heavy atom. The summed E-state index contributed by atoms with van der Waals surface area (Å²) in [6.45, 7) is 1.90. The maximum Gasteiger partial charge on any atom is 0.298 e. The zero-order chi connectivity index (χ0) is 45.1. The molecule has 0 heterocycles. The van der Waals surface area contributed by atoms with Gasteiger partial charge in [-0.2, -0.15) is 8.42 Å². The molecular weight excluding hydrogens is 873 g/mol. The van der Waals surface area contributed by atoms with Crippen molar-refractivity contribution >= 4 is 29.8 Å². The molecule has 64 heavy (non-hydrogen) atoms. The van der Waals surface area contributed by atoms with Crippen molar-refractivity contribution < 1.29 is 48.8 Å². The molecule has 0 amide bonds. The maximum atomic E-state index is 13.7. The summed E-state index contributed by atoms with van der Waals surface area (Å²) in [6, 6.07) is 50.8. The van der Waals surface area contributed by atoms with Gasteiger partial charge in [0.1, 0.15) is 45.1 Å². The molecule has 0 fully saturated rings. The van der Waals surface area contributed by atoms with Crippen molar-refractivity contribution in [3.05, 3.63) is 194 Å². The third-order valence-corrected chi connectivity index (χ3v) is 14.5. The summed E-state index contributed by atoms with van der Waals surface area (Å²) in [6.07, 6.45) is 0. The Balaban J connectivity index is 0.892. The van der Waals surface area contributed by atoms with Crippen molar-refractivity contribution in [1.29, 1.82) is 0 Å². The Labute approximate surface area is 371 Å². The number of methoxy groups -OCH3 is 1. The number of ether oxygens (including phenoxy) is 4. The molecule has 0 radical (unpaired) electrons. The molecule has 0 saturated carbocycles. The van der Waals surface area contributed by atoms with E-state index in [1.54, 1.807) is 79.9 Å². The second-order valence-corrected chi connectivity index (χ2v) is 19.7. The molecule has 322 valence electrons. The summed E-state index contributed by atoms with van der Waals surface area (Å²) in [4.78, 5) is -0.812. The van der Waals surface area contributed by atoms with Crippen molar-refractivity contribution in [2.45, 2.75) is 31.4 Å². The van der Waals surface area contributed by atoms with Crippen LogP contribution in [-0.4, -0.2) is 36.9 Å². The van der Waals surface area contributed by atoms with Gasteiger partial charge in [0.05, 0.1) is 26.7 Å². The van der Waals surface area contributed by atoms with Crippen molar-refractivity contribution in [2.75, 3.05) is 7.11 Å². The van der Waals surface area contributed by atoms with Gasteiger partial charge >= 0.3 is 0 Å². The van der Waals surface area contributed by atoms with Gasteiger partial charge in [-0.3, -0.25) is 4.55 Å². The van der Waals surface area contributed by atoms with Gasteiger partial charge in [-0.15, -0.1) is 0 Å². The first-order valence-corrected chi connectivity index (χ1v) is 23.9. The van der Waals surface area contributed by atoms with Crippen LogP contribution in [0, 0.1) is 6.92 Å². The fraction of sp³-hybridized carbons (Fsp3) is 0.0400. The zero-order valence-electron chi connectivity index (χ0n) is 34.2. The Morgan fingerprint density at radius 1 is 0.359 bits per heavy atom. The number of hydrogen-bond donors (Lipinski definition) is 1. The van der Waals surface area contributed by atoms with E-state index in [1.807, 2.05) is 67.6 Å². The minimum absolute atomic E-state index is 0.130. The van der Waals surface area contributed by atoms with Gasteiger partial charge in [-0.25, -0.2) is 16.8 Å². The van der Waals surface area contributed by atoms with Crippen LogP contribution in [0.3, 0.4) is 0 Å². The largest absolute Gasteiger partial charge is 0.497 e. The molecule has 1 N–H and O–H groups in total. The topological polar surface area (TPSA) is 160 Å². The van der Waals surface area contributed by atoms with Crippen LogP contribution in [0.4, 0.5) is 0 Å². The lowest BCUT2D eigenvalue weighted by atomic mass is 10.1. The van der Waals surface area contributed by atoms with E-state index >= 15 is 0 Å². The first-order valence-electron chi connectivity index (χ1n) is 19.5. The highest BCUT2D eigenvalue weighted by atomic mass is 32.2. The highest BCUT2D eigenvalue weighted by molar-refractivity contribution is 7.92. The number of aryl methyl sites for hydroxylation is 1. The molecule has 0 spiro atoms. The SMILES string of the molecule is COc1ccc(-c2ccc(Oc3ccc(S(=O)(=O)c4ccc(Oc5ccc(-c6ccc(Oc7ccc(S(=O)(=O)c8ccc(C)cc8)cc7)cc6)cc5)cc4)cc3S(=O)(=O)O)cc2)cc1. The minimum atomic E-state index is -4.91. The zero-order valence-corrected chi connectivity index (χ0v) is 36.6. The van der Waals surface area contributed by atoms with Gasteiger partial charge in [-0.1, -0.05) is 66.2 Å². The first kappa shape index (κ1) is 43.4. The van der Waals surface area contributed by atoms with Crippen LogP contribution in [0.1, 0.15) is 5.56 Å². The van der Waals surface area contributed by atoms with Gasteiger partial charge in [0.25, 0.3) is 10.1 Å². The van der Waals surface area contributed by atoms with Gasteiger partial charge < -0.3 is 18.9 Å². The summed E-state index contributed by atoms with van der Waals surface area (Å²) in [5, 5.41) is 0. The summed E-state index contributed by atoms with van der Waals surface area (Å²) >= 11 is 0. The van der Waals surface area contributed by atoms with E-state index < -0.39 is 34.7 Å². The number of benzene rings is 8. The second kappa shape index (κ2) is 17.9. The van der Waals surface area contributed by atoms with E-state index in [0.717, 1.165) is 33.9 Å². The Hall–Kier alpha value is -7.23. The van der Waals surface area contributed by atoms with Crippen molar-refractivity contribution in [3.8, 4) is 62.5 Å². The van der Waals surface area contributed by atoms with Crippen molar-refractivity contribution in [3.63, 3.8) is 0 Å². The average molecular weight is 911 g/mol. The molecule has 0 aromatic heterocycles. The van der Waals surface area contributed by atoms with E-state index in [1.165, 1.54) is 48.5 Å². The van der Waals surface area contributed by atoms with E-state index in [4.69, 9.17) is 18.9 Å². The molecule has 11 nitrogen and oxygen atoms in total. The van der Waals surface area contributed by atoms with Crippen LogP contribution < -0.4 is 18.9 Å². The lowest BCUT2D eigenvalue weighted by molar-refractivity contribution is 0.415. The second-order valence-electron chi connectivity index (χ2n) is 14.5. The molecule has 0 aliphatic rings. The summed E-state index contributed by atoms with van der Waals surface area (Å²) in [7, 11) is -11.2. The van der Waals surface area contributed by atoms with Gasteiger partial charge in [0.2, 0.25) is 19.7 Å². The fourth-order valence-corrected chi connectivity index (χ4v) is 9.90. The van der Waals surface area contributed by atoms with Crippen molar-refractivity contribution in [2.24, 2.45) is 0 Å². The lowest BCUT2D eigenvalue weighted by Crippen LogP contribution is -2.06. The monoisotopic (exact) mass is 910 g/mol. The summed E-state index contributed by atoms with van der Waals surface area (Å²) in [5.41, 5.74) is 4.56. The average Bonchev–Trinajstić information content (AvgIpc) is 3.30. The Kier molecular flexibility index (Phi) is 12.1. The van der Waals surface area contributed by atoms with Gasteiger partial charge in [0.15, 0.2) is 0 Å². The highest BCUT2D eigenvalue weighted by Gasteiger charge is 2.25. The van der Waals surface area contributed by atoms with Gasteiger partial charge in [-0.05, 0) is 157 Å². The van der Waals surface area contributed by atoms with Crippen LogP contribution in [0.5, 0.6) is 40.2 Å². The summed E-state index contributed by atoms with van der Waals surface area (Å²) < 4.78 is 111. The van der Waals surface area contributed by atoms with E-state index in [9.17, 15) is 29.8 Å². The third-order valence-electron chi connectivity index (χ3n) is 10.1. The van der Waals surface area contributed by atoms with Crippen molar-refractivity contribution in [1.82, 2.24) is 0 Å². The molecule has 14 heteroatoms. The molecular formula is C50H38O11S3. The quantitative estimate of drug-likeness (QED) is 0.103. The van der Waals surface area contributed by atoms with Crippen LogP contribution >= 0.6 is 0 Å². The normalized spacial score (nSPS) is 11.7. The summed E-state index contributed by atoms with van der Waals surface area (Å²) in [5.74, 6) is 2.62. The van der Waals surface area contributed by atoms with E-state index in [2.05, 4.69) is 0 Å².